The van der Waals surface area contributed by atoms with Crippen LogP contribution < -0.4 is 0 Å². The van der Waals surface area contributed by atoms with Crippen molar-refractivity contribution in [2.75, 3.05) is 52.4 Å². The molecule has 0 radical (unpaired) electrons. The molecule has 0 saturated heterocycles. The van der Waals surface area contributed by atoms with Gasteiger partial charge >= 0.3 is 190 Å². The second-order valence-corrected chi connectivity index (χ2v) is 12.8. The van der Waals surface area contributed by atoms with Crippen LogP contribution in [0.2, 0.25) is 0 Å². The Hall–Kier alpha value is 0.230. The third-order valence-electron chi connectivity index (χ3n) is 5.88. The molecule has 0 saturated carbocycles. The van der Waals surface area contributed by atoms with Gasteiger partial charge in [0, 0.05) is 0 Å². The molecule has 0 aromatic carbocycles. The van der Waals surface area contributed by atoms with Gasteiger partial charge in [-0.15, -0.1) is 0 Å². The van der Waals surface area contributed by atoms with Crippen LogP contribution >= 0.6 is 7.43 Å². The van der Waals surface area contributed by atoms with Crippen LogP contribution in [0.5, 0.6) is 0 Å². The fraction of sp³-hybridized carbons (Fsp3) is 1.00. The number of nitrogens with zero attached hydrogens (tertiary/aromatic N) is 4. The van der Waals surface area contributed by atoms with Crippen molar-refractivity contribution < 1.29 is 4.89 Å². The molecule has 0 unspecified atom stereocenters. The van der Waals surface area contributed by atoms with Crippen LogP contribution in [0.1, 0.15) is 107 Å². The van der Waals surface area contributed by atoms with Crippen molar-refractivity contribution in [1.82, 2.24) is 18.7 Å². The van der Waals surface area contributed by atoms with Crippen molar-refractivity contribution in [3.8, 4) is 0 Å². The first-order valence-electron chi connectivity index (χ1n) is 13.2. The van der Waals surface area contributed by atoms with Crippen molar-refractivity contribution in [2.45, 2.75) is 107 Å². The Morgan fingerprint density at radius 3 is 0.600 bits per heavy atom. The predicted molar refractivity (Wildman–Crippen MR) is 138 cm³/mol. The molecular weight excluding hydrogens is 391 g/mol. The number of hydrogen-bond donors (Lipinski definition) is 1. The molecule has 0 rings (SSSR count). The van der Waals surface area contributed by atoms with Crippen molar-refractivity contribution in [3.05, 3.63) is 0 Å². The fourth-order valence-electron chi connectivity index (χ4n) is 5.02. The van der Waals surface area contributed by atoms with E-state index in [-0.39, 0.29) is 0 Å². The summed E-state index contributed by atoms with van der Waals surface area (Å²) in [5, 5.41) is 0. The Morgan fingerprint density at radius 2 is 0.500 bits per heavy atom. The van der Waals surface area contributed by atoms with E-state index in [9.17, 15) is 4.89 Å². The van der Waals surface area contributed by atoms with E-state index in [1.165, 1.54) is 0 Å². The Morgan fingerprint density at radius 1 is 0.367 bits per heavy atom. The van der Waals surface area contributed by atoms with Crippen molar-refractivity contribution in [1.29, 1.82) is 0 Å². The molecule has 0 amide bonds. The molecule has 0 spiro atoms. The normalized spacial score (nSPS) is 14.2. The van der Waals surface area contributed by atoms with Crippen LogP contribution in [-0.2, 0) is 0 Å². The number of rotatable bonds is 20. The maximum absolute atomic E-state index is 13.7. The molecule has 30 heavy (non-hydrogen) atoms. The zero-order valence-electron chi connectivity index (χ0n) is 22.0. The second kappa shape index (κ2) is 15.9. The summed E-state index contributed by atoms with van der Waals surface area (Å²) in [6, 6.07) is 0. The summed E-state index contributed by atoms with van der Waals surface area (Å²) in [7, 11) is -3.67. The molecule has 0 aliphatic rings. The average Bonchev–Trinajstić information content (AvgIpc) is 2.73. The molecule has 0 atom stereocenters. The Balaban J connectivity index is 7.19. The molecule has 0 aromatic heterocycles. The summed E-state index contributed by atoms with van der Waals surface area (Å²) in [6.45, 7) is 25.8. The van der Waals surface area contributed by atoms with Gasteiger partial charge in [0.15, 0.2) is 0 Å². The van der Waals surface area contributed by atoms with E-state index in [0.717, 1.165) is 104 Å². The van der Waals surface area contributed by atoms with E-state index in [4.69, 9.17) is 0 Å². The van der Waals surface area contributed by atoms with Crippen LogP contribution in [0.4, 0.5) is 0 Å². The van der Waals surface area contributed by atoms with E-state index in [1.807, 2.05) is 0 Å². The first-order chi connectivity index (χ1) is 14.4. The van der Waals surface area contributed by atoms with Gasteiger partial charge in [0.2, 0.25) is 0 Å². The molecule has 0 aromatic rings. The number of hydrogen-bond acceptors (Lipinski definition) is 5. The van der Waals surface area contributed by atoms with E-state index < -0.39 is 7.43 Å². The van der Waals surface area contributed by atoms with Crippen LogP contribution in [0.25, 0.3) is 0 Å². The van der Waals surface area contributed by atoms with Crippen LogP contribution in [0.15, 0.2) is 0 Å². The second-order valence-electron chi connectivity index (χ2n) is 8.71. The van der Waals surface area contributed by atoms with E-state index in [2.05, 4.69) is 74.1 Å². The van der Waals surface area contributed by atoms with E-state index in [0.29, 0.717) is 0 Å². The van der Waals surface area contributed by atoms with Gasteiger partial charge in [-0.05, 0) is 0 Å². The van der Waals surface area contributed by atoms with Crippen molar-refractivity contribution >= 4 is 7.43 Å². The summed E-state index contributed by atoms with van der Waals surface area (Å²) in [6.07, 6.45) is 8.58. The summed E-state index contributed by atoms with van der Waals surface area (Å²) in [5.41, 5.74) is 0. The van der Waals surface area contributed by atoms with Gasteiger partial charge in [0.05, 0.1) is 0 Å². The van der Waals surface area contributed by atoms with Gasteiger partial charge < -0.3 is 0 Å². The molecule has 0 aliphatic heterocycles. The van der Waals surface area contributed by atoms with Gasteiger partial charge in [-0.1, -0.05) is 0 Å². The zero-order valence-corrected chi connectivity index (χ0v) is 22.9. The molecule has 1 N–H and O–H groups in total. The fourth-order valence-corrected chi connectivity index (χ4v) is 11.6. The summed E-state index contributed by atoms with van der Waals surface area (Å²) >= 11 is 0. The van der Waals surface area contributed by atoms with E-state index >= 15 is 0 Å². The summed E-state index contributed by atoms with van der Waals surface area (Å²) < 4.78 is 10.3. The minimum absolute atomic E-state index is 0.958. The first kappa shape index (κ1) is 30.2. The molecule has 0 aliphatic carbocycles. The SMILES string of the molecule is CCCN(CCC)P(O)(N(CCC)CCC)(N(CCC)CCC)N(CCC)CCC. The van der Waals surface area contributed by atoms with Gasteiger partial charge in [0.25, 0.3) is 0 Å². The molecule has 5 nitrogen and oxygen atoms in total. The third-order valence-corrected chi connectivity index (χ3v) is 11.5. The Kier molecular flexibility index (Phi) is 16.1. The van der Waals surface area contributed by atoms with Gasteiger partial charge in [-0.3, -0.25) is 0 Å². The minimum atomic E-state index is -3.67. The van der Waals surface area contributed by atoms with Gasteiger partial charge in [-0.25, -0.2) is 0 Å². The quantitative estimate of drug-likeness (QED) is 0.212. The first-order valence-corrected chi connectivity index (χ1v) is 15.2. The summed E-state index contributed by atoms with van der Waals surface area (Å²) in [5.74, 6) is 0. The zero-order chi connectivity index (χ0) is 23.1. The maximum atomic E-state index is 13.7. The van der Waals surface area contributed by atoms with E-state index in [1.54, 1.807) is 0 Å². The van der Waals surface area contributed by atoms with Crippen LogP contribution in [0.3, 0.4) is 0 Å². The molecule has 6 heteroatoms. The predicted octanol–water partition coefficient (Wildman–Crippen LogP) is 6.60. The van der Waals surface area contributed by atoms with Gasteiger partial charge in [-0.2, -0.15) is 0 Å². The molecular formula is C24H57N4OP. The standard InChI is InChI=1S/C24H57N4OP/c1-9-17-25(18-10-2)30(29,26(19-11-3)20-12-4,27(21-13-5)22-14-6)28(23-15-7)24-16-8/h29H,9-24H2,1-8H3. The third kappa shape index (κ3) is 6.62. The topological polar surface area (TPSA) is 33.2 Å². The monoisotopic (exact) mass is 448 g/mol. The van der Waals surface area contributed by atoms with Gasteiger partial charge in [0.1, 0.15) is 0 Å². The molecule has 0 fully saturated rings. The molecule has 184 valence electrons. The Labute approximate surface area is 190 Å². The van der Waals surface area contributed by atoms with Crippen LogP contribution in [0, 0.1) is 0 Å². The van der Waals surface area contributed by atoms with Crippen LogP contribution in [-0.4, -0.2) is 75.9 Å². The Bertz CT molecular complexity index is 325. The molecule has 0 bridgehead atoms. The van der Waals surface area contributed by atoms with Crippen molar-refractivity contribution in [3.63, 3.8) is 0 Å². The molecule has 0 heterocycles. The van der Waals surface area contributed by atoms with Crippen molar-refractivity contribution in [2.24, 2.45) is 0 Å². The average molecular weight is 449 g/mol. The summed E-state index contributed by atoms with van der Waals surface area (Å²) in [4.78, 5) is 13.7.